The zero-order chi connectivity index (χ0) is 20.3. The van der Waals surface area contributed by atoms with Crippen molar-refractivity contribution in [1.82, 2.24) is 20.0 Å². The molecule has 0 saturated carbocycles. The highest BCUT2D eigenvalue weighted by Crippen LogP contribution is 2.41. The van der Waals surface area contributed by atoms with Crippen molar-refractivity contribution in [2.45, 2.75) is 25.3 Å². The van der Waals surface area contributed by atoms with Gasteiger partial charge < -0.3 is 10.6 Å². The summed E-state index contributed by atoms with van der Waals surface area (Å²) in [7, 11) is 0. The van der Waals surface area contributed by atoms with Crippen LogP contribution in [0.15, 0.2) is 24.3 Å². The highest BCUT2D eigenvalue weighted by atomic mass is 35.5. The first kappa shape index (κ1) is 19.5. The summed E-state index contributed by atoms with van der Waals surface area (Å²) in [5, 5.41) is 17.6. The fraction of sp³-hybridized carbons (Fsp3) is 0.375. The molecule has 148 valence electrons. The molecule has 0 spiro atoms. The summed E-state index contributed by atoms with van der Waals surface area (Å²) in [5.41, 5.74) is 3.02. The number of carbonyl (C=O) groups excluding carboxylic acids is 1. The van der Waals surface area contributed by atoms with Crippen molar-refractivity contribution in [3.05, 3.63) is 39.9 Å². The maximum Gasteiger partial charge on any atom is 0.274 e. The van der Waals surface area contributed by atoms with Gasteiger partial charge in [-0.05, 0) is 19.9 Å². The Bertz CT molecular complexity index is 872. The number of benzene rings is 1. The van der Waals surface area contributed by atoms with Gasteiger partial charge in [0, 0.05) is 19.2 Å². The van der Waals surface area contributed by atoms with Crippen molar-refractivity contribution in [3.63, 3.8) is 0 Å². The van der Waals surface area contributed by atoms with Gasteiger partial charge in [0.2, 0.25) is 17.8 Å². The van der Waals surface area contributed by atoms with Crippen LogP contribution in [0.3, 0.4) is 0 Å². The van der Waals surface area contributed by atoms with Gasteiger partial charge in [-0.1, -0.05) is 12.1 Å². The average Bonchev–Trinajstić information content (AvgIpc) is 2.68. The van der Waals surface area contributed by atoms with Crippen LogP contribution in [0.25, 0.3) is 0 Å². The number of β-lactam (4-membered cyclic amide) rings is 1. The minimum absolute atomic E-state index is 0.113. The number of nitro benzene ring substituents is 1. The second kappa shape index (κ2) is 8.21. The number of rotatable bonds is 8. The van der Waals surface area contributed by atoms with Gasteiger partial charge in [-0.15, -0.1) is 11.6 Å². The fourth-order valence-corrected chi connectivity index (χ4v) is 3.14. The molecule has 1 aromatic heterocycles. The number of amides is 1. The van der Waals surface area contributed by atoms with Crippen LogP contribution >= 0.6 is 11.6 Å². The number of nitrogens with one attached hydrogen (secondary N) is 3. The van der Waals surface area contributed by atoms with E-state index in [1.54, 1.807) is 18.2 Å². The number of hydrazine groups is 1. The third-order valence-electron chi connectivity index (χ3n) is 4.01. The number of aromatic nitrogens is 3. The molecule has 0 aliphatic carbocycles. The number of halogens is 1. The van der Waals surface area contributed by atoms with E-state index in [0.29, 0.717) is 30.5 Å². The summed E-state index contributed by atoms with van der Waals surface area (Å²) in [6.07, 6.45) is 0. The van der Waals surface area contributed by atoms with E-state index in [9.17, 15) is 14.9 Å². The molecule has 2 unspecified atom stereocenters. The van der Waals surface area contributed by atoms with Gasteiger partial charge in [-0.25, -0.2) is 5.01 Å². The topological polar surface area (TPSA) is 138 Å². The molecule has 1 aliphatic heterocycles. The lowest BCUT2D eigenvalue weighted by atomic mass is 9.94. The summed E-state index contributed by atoms with van der Waals surface area (Å²) < 4.78 is 0. The minimum Gasteiger partial charge on any atom is -0.354 e. The summed E-state index contributed by atoms with van der Waals surface area (Å²) in [4.78, 5) is 35.8. The van der Waals surface area contributed by atoms with E-state index >= 15 is 0 Å². The second-order valence-corrected chi connectivity index (χ2v) is 6.32. The molecule has 12 heteroatoms. The van der Waals surface area contributed by atoms with Crippen LogP contribution in [0.2, 0.25) is 0 Å². The smallest absolute Gasteiger partial charge is 0.274 e. The largest absolute Gasteiger partial charge is 0.354 e. The van der Waals surface area contributed by atoms with Gasteiger partial charge in [-0.2, -0.15) is 15.0 Å². The van der Waals surface area contributed by atoms with E-state index in [0.717, 1.165) is 0 Å². The Morgan fingerprint density at radius 2 is 1.68 bits per heavy atom. The molecular formula is C16H19ClN8O3. The molecule has 1 fully saturated rings. The predicted octanol–water partition coefficient (Wildman–Crippen LogP) is 2.16. The summed E-state index contributed by atoms with van der Waals surface area (Å²) in [6, 6.07) is 5.41. The first-order chi connectivity index (χ1) is 13.5. The number of nitrogens with zero attached hydrogens (tertiary/aromatic N) is 5. The number of anilines is 3. The maximum absolute atomic E-state index is 12.3. The predicted molar refractivity (Wildman–Crippen MR) is 104 cm³/mol. The lowest BCUT2D eigenvalue weighted by Crippen LogP contribution is -2.59. The van der Waals surface area contributed by atoms with E-state index in [2.05, 4.69) is 31.0 Å². The minimum atomic E-state index is -0.933. The van der Waals surface area contributed by atoms with E-state index in [4.69, 9.17) is 11.6 Å². The molecule has 0 radical (unpaired) electrons. The number of carbonyl (C=O) groups is 1. The molecule has 1 amide bonds. The van der Waals surface area contributed by atoms with Crippen molar-refractivity contribution in [2.24, 2.45) is 0 Å². The van der Waals surface area contributed by atoms with Gasteiger partial charge in [0.1, 0.15) is 11.4 Å². The van der Waals surface area contributed by atoms with Crippen LogP contribution < -0.4 is 16.1 Å². The maximum atomic E-state index is 12.3. The Kier molecular flexibility index (Phi) is 5.73. The lowest BCUT2D eigenvalue weighted by Gasteiger charge is -2.43. The SMILES string of the molecule is CCNc1nc(NCC)nc(NN2C(=O)C(Cl)C2c2ccccc2[N+](=O)[O-])n1. The van der Waals surface area contributed by atoms with Gasteiger partial charge in [0.15, 0.2) is 0 Å². The Hall–Kier alpha value is -3.21. The first-order valence-electron chi connectivity index (χ1n) is 8.67. The monoisotopic (exact) mass is 406 g/mol. The molecule has 0 bridgehead atoms. The molecule has 1 aliphatic rings. The lowest BCUT2D eigenvalue weighted by molar-refractivity contribution is -0.386. The Morgan fingerprint density at radius 1 is 1.11 bits per heavy atom. The third kappa shape index (κ3) is 3.74. The molecule has 11 nitrogen and oxygen atoms in total. The standard InChI is InChI=1S/C16H19ClN8O3/c1-3-18-14-20-15(19-4-2)22-16(21-14)23-24-12(11(17)13(24)26)9-7-5-6-8-10(9)25(27)28/h5-8,11-12H,3-4H2,1-2H3,(H3,18,19,20,21,22,23). The van der Waals surface area contributed by atoms with E-state index in [-0.39, 0.29) is 11.6 Å². The molecule has 1 saturated heterocycles. The summed E-state index contributed by atoms with van der Waals surface area (Å²) in [6.45, 7) is 4.98. The second-order valence-electron chi connectivity index (χ2n) is 5.85. The molecule has 3 N–H and O–H groups in total. The molecule has 2 aromatic rings. The Labute approximate surface area is 165 Å². The van der Waals surface area contributed by atoms with Crippen LogP contribution in [0, 0.1) is 10.1 Å². The third-order valence-corrected chi connectivity index (χ3v) is 4.43. The van der Waals surface area contributed by atoms with Crippen molar-refractivity contribution >= 4 is 41.0 Å². The fourth-order valence-electron chi connectivity index (χ4n) is 2.79. The quantitative estimate of drug-likeness (QED) is 0.260. The van der Waals surface area contributed by atoms with Crippen LogP contribution in [-0.2, 0) is 4.79 Å². The van der Waals surface area contributed by atoms with Crippen molar-refractivity contribution in [2.75, 3.05) is 29.1 Å². The number of alkyl halides is 1. The molecule has 2 atom stereocenters. The van der Waals surface area contributed by atoms with Crippen LogP contribution in [0.1, 0.15) is 25.5 Å². The van der Waals surface area contributed by atoms with Gasteiger partial charge in [-0.3, -0.25) is 20.3 Å². The van der Waals surface area contributed by atoms with E-state index in [1.165, 1.54) is 11.1 Å². The molecular weight excluding hydrogens is 388 g/mol. The first-order valence-corrected chi connectivity index (χ1v) is 9.10. The van der Waals surface area contributed by atoms with Gasteiger partial charge in [0.05, 0.1) is 10.5 Å². The molecule has 1 aromatic carbocycles. The zero-order valence-electron chi connectivity index (χ0n) is 15.2. The highest BCUT2D eigenvalue weighted by molar-refractivity contribution is 6.33. The summed E-state index contributed by atoms with van der Waals surface area (Å²) >= 11 is 6.17. The highest BCUT2D eigenvalue weighted by Gasteiger charge is 2.50. The number of para-hydroxylation sites is 1. The van der Waals surface area contributed by atoms with Crippen molar-refractivity contribution in [3.8, 4) is 0 Å². The Morgan fingerprint density at radius 3 is 2.25 bits per heavy atom. The van der Waals surface area contributed by atoms with Crippen LogP contribution in [0.4, 0.5) is 23.5 Å². The van der Waals surface area contributed by atoms with Crippen LogP contribution in [-0.4, -0.2) is 49.3 Å². The molecule has 3 rings (SSSR count). The van der Waals surface area contributed by atoms with Crippen molar-refractivity contribution in [1.29, 1.82) is 0 Å². The van der Waals surface area contributed by atoms with Gasteiger partial charge >= 0.3 is 0 Å². The Balaban J connectivity index is 1.91. The van der Waals surface area contributed by atoms with E-state index in [1.807, 2.05) is 13.8 Å². The van der Waals surface area contributed by atoms with Crippen molar-refractivity contribution < 1.29 is 9.72 Å². The summed E-state index contributed by atoms with van der Waals surface area (Å²) in [5.74, 6) is 0.338. The number of nitro groups is 1. The zero-order valence-corrected chi connectivity index (χ0v) is 16.0. The van der Waals surface area contributed by atoms with E-state index < -0.39 is 22.2 Å². The number of hydrogen-bond acceptors (Lipinski definition) is 9. The molecule has 28 heavy (non-hydrogen) atoms. The number of hydrogen-bond donors (Lipinski definition) is 3. The normalized spacial score (nSPS) is 18.4. The van der Waals surface area contributed by atoms with Gasteiger partial charge in [0.25, 0.3) is 11.6 Å². The van der Waals surface area contributed by atoms with Crippen LogP contribution in [0.5, 0.6) is 0 Å². The average molecular weight is 407 g/mol. The molecule has 2 heterocycles.